The third-order valence-electron chi connectivity index (χ3n) is 11.1. The van der Waals surface area contributed by atoms with Crippen LogP contribution in [0.2, 0.25) is 0 Å². The number of carbonyl (C=O) groups excluding carboxylic acids is 2. The fraction of sp³-hybridized carbons (Fsp3) is 0.591. The molecule has 2 heteroatoms. The van der Waals surface area contributed by atoms with Gasteiger partial charge in [0.05, 0.1) is 5.92 Å². The van der Waals surface area contributed by atoms with Crippen LogP contribution in [0.3, 0.4) is 0 Å². The summed E-state index contributed by atoms with van der Waals surface area (Å²) in [5.74, 6) is -0.0270. The van der Waals surface area contributed by atoms with E-state index in [0.717, 1.165) is 64.7 Å². The van der Waals surface area contributed by atoms with E-state index in [2.05, 4.69) is 50.2 Å². The molecule has 2 unspecified atom stereocenters. The number of unbranched alkanes of at least 4 members (excludes halogenated alkanes) is 18. The molecule has 0 saturated heterocycles. The molecule has 46 heavy (non-hydrogen) atoms. The molecule has 5 rings (SSSR count). The molecule has 3 aliphatic carbocycles. The van der Waals surface area contributed by atoms with Crippen molar-refractivity contribution in [1.82, 2.24) is 0 Å². The topological polar surface area (TPSA) is 34.1 Å². The van der Waals surface area contributed by atoms with Gasteiger partial charge in [-0.05, 0) is 47.1 Å². The molecule has 0 aromatic heterocycles. The van der Waals surface area contributed by atoms with Gasteiger partial charge in [-0.1, -0.05) is 184 Å². The maximum Gasteiger partial charge on any atom is 0.191 e. The molecule has 0 radical (unpaired) electrons. The van der Waals surface area contributed by atoms with Gasteiger partial charge in [0.2, 0.25) is 0 Å². The fourth-order valence-electron chi connectivity index (χ4n) is 8.57. The molecule has 0 heterocycles. The van der Waals surface area contributed by atoms with Gasteiger partial charge in [-0.25, -0.2) is 0 Å². The normalized spacial score (nSPS) is 18.3. The predicted molar refractivity (Wildman–Crippen MR) is 195 cm³/mol. The van der Waals surface area contributed by atoms with Gasteiger partial charge in [0.1, 0.15) is 0 Å². The van der Waals surface area contributed by atoms with Gasteiger partial charge >= 0.3 is 0 Å². The van der Waals surface area contributed by atoms with Crippen LogP contribution >= 0.6 is 0 Å². The lowest BCUT2D eigenvalue weighted by molar-refractivity contribution is -0.119. The summed E-state index contributed by atoms with van der Waals surface area (Å²) in [5, 5.41) is 0. The first kappa shape index (κ1) is 34.6. The highest BCUT2D eigenvalue weighted by Crippen LogP contribution is 2.56. The minimum absolute atomic E-state index is 0.0522. The number of carbonyl (C=O) groups is 2. The van der Waals surface area contributed by atoms with E-state index in [-0.39, 0.29) is 17.5 Å². The number of rotatable bonds is 22. The van der Waals surface area contributed by atoms with Crippen LogP contribution in [0.15, 0.2) is 59.7 Å². The SMILES string of the molecule is CCCCCCCCCCCCC1=C2C(=O)C3=C(C(=O)C2c2ccccc21)C(CCCCCCCCCCCC)c1ccccc13. The lowest BCUT2D eigenvalue weighted by atomic mass is 9.74. The van der Waals surface area contributed by atoms with Gasteiger partial charge in [0, 0.05) is 22.6 Å². The highest BCUT2D eigenvalue weighted by molar-refractivity contribution is 6.42. The molecule has 248 valence electrons. The highest BCUT2D eigenvalue weighted by atomic mass is 16.1. The lowest BCUT2D eigenvalue weighted by Gasteiger charge is -2.25. The predicted octanol–water partition coefficient (Wildman–Crippen LogP) is 12.9. The molecule has 0 amide bonds. The molecule has 3 aliphatic rings. The van der Waals surface area contributed by atoms with Gasteiger partial charge in [-0.15, -0.1) is 0 Å². The van der Waals surface area contributed by atoms with Gasteiger partial charge in [0.15, 0.2) is 11.6 Å². The van der Waals surface area contributed by atoms with Crippen LogP contribution < -0.4 is 0 Å². The molecule has 2 nitrogen and oxygen atoms in total. The molecule has 0 bridgehead atoms. The largest absolute Gasteiger partial charge is 0.293 e. The van der Waals surface area contributed by atoms with Gasteiger partial charge in [-0.2, -0.15) is 0 Å². The lowest BCUT2D eigenvalue weighted by Crippen LogP contribution is -2.28. The summed E-state index contributed by atoms with van der Waals surface area (Å²) in [5.41, 5.74) is 7.96. The van der Waals surface area contributed by atoms with Crippen LogP contribution in [0.1, 0.15) is 189 Å². The van der Waals surface area contributed by atoms with E-state index < -0.39 is 5.92 Å². The summed E-state index contributed by atoms with van der Waals surface area (Å²) >= 11 is 0. The van der Waals surface area contributed by atoms with Gasteiger partial charge in [0.25, 0.3) is 0 Å². The van der Waals surface area contributed by atoms with Crippen LogP contribution in [0.4, 0.5) is 0 Å². The maximum absolute atomic E-state index is 14.6. The standard InChI is InChI=1S/C44H60O2/c1-3-5-7-9-11-13-15-17-19-21-29-35-33-27-23-25-31-37(33)41-39(35)43(45)42-38-32-26-24-28-34(38)36(40(42)44(41)46)30-22-20-18-16-14-12-10-8-6-4-2/h23-28,31-32,35,42H,3-22,29-30H2,1-2H3. The number of hydrogen-bond donors (Lipinski definition) is 0. The van der Waals surface area contributed by atoms with Crippen LogP contribution in [0.5, 0.6) is 0 Å². The second-order valence-corrected chi connectivity index (χ2v) is 14.4. The number of hydrogen-bond acceptors (Lipinski definition) is 2. The molecule has 2 aromatic carbocycles. The Kier molecular flexibility index (Phi) is 13.5. The minimum Gasteiger partial charge on any atom is -0.293 e. The summed E-state index contributed by atoms with van der Waals surface area (Å²) in [6, 6.07) is 16.8. The molecule has 0 fully saturated rings. The quantitative estimate of drug-likeness (QED) is 0.123. The van der Waals surface area contributed by atoms with Gasteiger partial charge < -0.3 is 0 Å². The number of Topliss-reactive ketones (excluding diaryl/α,β-unsaturated/α-hetero) is 2. The summed E-state index contributed by atoms with van der Waals surface area (Å²) in [6.45, 7) is 4.55. The fourth-order valence-corrected chi connectivity index (χ4v) is 8.57. The summed E-state index contributed by atoms with van der Waals surface area (Å²) in [4.78, 5) is 29.2. The van der Waals surface area contributed by atoms with Crippen molar-refractivity contribution < 1.29 is 9.59 Å². The molecule has 0 spiro atoms. The van der Waals surface area contributed by atoms with Crippen LogP contribution in [-0.4, -0.2) is 11.6 Å². The minimum atomic E-state index is -0.412. The van der Waals surface area contributed by atoms with Crippen molar-refractivity contribution in [3.8, 4) is 0 Å². The molecule has 0 N–H and O–H groups in total. The zero-order chi connectivity index (χ0) is 32.1. The van der Waals surface area contributed by atoms with E-state index in [4.69, 9.17) is 0 Å². The Morgan fingerprint density at radius 2 is 0.978 bits per heavy atom. The van der Waals surface area contributed by atoms with Crippen molar-refractivity contribution in [3.05, 3.63) is 81.9 Å². The monoisotopic (exact) mass is 620 g/mol. The van der Waals surface area contributed by atoms with Crippen molar-refractivity contribution >= 4 is 22.7 Å². The van der Waals surface area contributed by atoms with E-state index >= 15 is 0 Å². The summed E-state index contributed by atoms with van der Waals surface area (Å²) < 4.78 is 0. The van der Waals surface area contributed by atoms with Crippen LogP contribution in [0.25, 0.3) is 11.1 Å². The molecule has 2 atom stereocenters. The number of fused-ring (bicyclic) bond motifs is 5. The second kappa shape index (κ2) is 18.0. The number of benzene rings is 2. The van der Waals surface area contributed by atoms with E-state index in [9.17, 15) is 9.59 Å². The van der Waals surface area contributed by atoms with Gasteiger partial charge in [-0.3, -0.25) is 9.59 Å². The Hall–Kier alpha value is -2.74. The maximum atomic E-state index is 14.6. The number of ketones is 2. The van der Waals surface area contributed by atoms with E-state index in [1.165, 1.54) is 121 Å². The van der Waals surface area contributed by atoms with Crippen molar-refractivity contribution in [1.29, 1.82) is 0 Å². The second-order valence-electron chi connectivity index (χ2n) is 14.4. The first-order chi connectivity index (χ1) is 22.7. The first-order valence-electron chi connectivity index (χ1n) is 19.4. The molecule has 0 aliphatic heterocycles. The average molecular weight is 621 g/mol. The van der Waals surface area contributed by atoms with Crippen molar-refractivity contribution in [3.63, 3.8) is 0 Å². The third-order valence-corrected chi connectivity index (χ3v) is 11.1. The Morgan fingerprint density at radius 3 is 1.57 bits per heavy atom. The highest BCUT2D eigenvalue weighted by Gasteiger charge is 2.50. The molecule has 0 saturated carbocycles. The van der Waals surface area contributed by atoms with Crippen LogP contribution in [0, 0.1) is 0 Å². The molecular weight excluding hydrogens is 560 g/mol. The Balaban J connectivity index is 1.25. The summed E-state index contributed by atoms with van der Waals surface area (Å²) in [6.07, 6.45) is 27.9. The zero-order valence-electron chi connectivity index (χ0n) is 29.1. The first-order valence-corrected chi connectivity index (χ1v) is 19.4. The zero-order valence-corrected chi connectivity index (χ0v) is 29.1. The number of allylic oxidation sites excluding steroid dienone is 4. The van der Waals surface area contributed by atoms with E-state index in [1.807, 2.05) is 12.1 Å². The Morgan fingerprint density at radius 1 is 0.500 bits per heavy atom. The van der Waals surface area contributed by atoms with Crippen molar-refractivity contribution in [2.75, 3.05) is 0 Å². The average Bonchev–Trinajstić information content (AvgIpc) is 3.59. The smallest absolute Gasteiger partial charge is 0.191 e. The Labute approximate surface area is 280 Å². The van der Waals surface area contributed by atoms with E-state index in [1.54, 1.807) is 0 Å². The molecule has 2 aromatic rings. The molecular formula is C44H60O2. The van der Waals surface area contributed by atoms with Crippen molar-refractivity contribution in [2.45, 2.75) is 167 Å². The van der Waals surface area contributed by atoms with E-state index in [0.29, 0.717) is 0 Å². The van der Waals surface area contributed by atoms with Crippen LogP contribution in [-0.2, 0) is 9.59 Å². The van der Waals surface area contributed by atoms with Crippen molar-refractivity contribution in [2.24, 2.45) is 0 Å². The Bertz CT molecular complexity index is 1370. The summed E-state index contributed by atoms with van der Waals surface area (Å²) in [7, 11) is 0. The third kappa shape index (κ3) is 8.03.